The third-order valence-electron chi connectivity index (χ3n) is 4.88. The molecule has 2 heterocycles. The summed E-state index contributed by atoms with van der Waals surface area (Å²) in [7, 11) is 0. The molecule has 1 unspecified atom stereocenters. The van der Waals surface area contributed by atoms with Gasteiger partial charge in [0, 0.05) is 19.0 Å². The Kier molecular flexibility index (Phi) is 4.47. The van der Waals surface area contributed by atoms with E-state index in [2.05, 4.69) is 0 Å². The molecule has 0 aliphatic carbocycles. The molecule has 3 rings (SSSR count). The minimum atomic E-state index is -0.462. The lowest BCUT2D eigenvalue weighted by molar-refractivity contribution is -0.0485. The molecule has 1 spiro atoms. The summed E-state index contributed by atoms with van der Waals surface area (Å²) in [5.41, 5.74) is 0.520. The van der Waals surface area contributed by atoms with Crippen LogP contribution in [0.15, 0.2) is 24.3 Å². The largest absolute Gasteiger partial charge is 0.508 e. The number of carbonyl (C=O) groups is 1. The van der Waals surface area contributed by atoms with Gasteiger partial charge < -0.3 is 19.5 Å². The van der Waals surface area contributed by atoms with Crippen molar-refractivity contribution in [2.24, 2.45) is 0 Å². The van der Waals surface area contributed by atoms with E-state index in [1.807, 2.05) is 39.0 Å². The third-order valence-corrected chi connectivity index (χ3v) is 4.88. The van der Waals surface area contributed by atoms with Gasteiger partial charge in [0.05, 0.1) is 12.2 Å². The number of hydrogen-bond donors (Lipinski definition) is 1. The maximum Gasteiger partial charge on any atom is 0.410 e. The van der Waals surface area contributed by atoms with Crippen LogP contribution in [-0.2, 0) is 9.47 Å². The van der Waals surface area contributed by atoms with Crippen molar-refractivity contribution in [3.05, 3.63) is 29.8 Å². The van der Waals surface area contributed by atoms with Crippen LogP contribution in [0, 0.1) is 0 Å². The molecule has 1 amide bonds. The average Bonchev–Trinajstić information content (AvgIpc) is 2.90. The maximum absolute atomic E-state index is 12.2. The molecule has 0 saturated carbocycles. The normalized spacial score (nSPS) is 23.5. The van der Waals surface area contributed by atoms with Crippen molar-refractivity contribution < 1.29 is 19.4 Å². The molecule has 2 aliphatic heterocycles. The van der Waals surface area contributed by atoms with Crippen molar-refractivity contribution >= 4 is 6.09 Å². The Morgan fingerprint density at radius 1 is 1.33 bits per heavy atom. The van der Waals surface area contributed by atoms with Crippen molar-refractivity contribution in [1.29, 1.82) is 0 Å². The smallest absolute Gasteiger partial charge is 0.410 e. The van der Waals surface area contributed by atoms with Crippen LogP contribution in [0.25, 0.3) is 0 Å². The molecule has 24 heavy (non-hydrogen) atoms. The van der Waals surface area contributed by atoms with E-state index in [1.54, 1.807) is 11.0 Å². The van der Waals surface area contributed by atoms with Gasteiger partial charge in [0.15, 0.2) is 0 Å². The number of likely N-dealkylation sites (tertiary alicyclic amines) is 1. The highest BCUT2D eigenvalue weighted by Crippen LogP contribution is 2.43. The molecule has 5 nitrogen and oxygen atoms in total. The van der Waals surface area contributed by atoms with Gasteiger partial charge in [-0.3, -0.25) is 0 Å². The van der Waals surface area contributed by atoms with Crippen molar-refractivity contribution in [2.45, 2.75) is 57.2 Å². The first-order valence-corrected chi connectivity index (χ1v) is 8.67. The molecular weight excluding hydrogens is 306 g/mol. The second-order valence-electron chi connectivity index (χ2n) is 7.96. The van der Waals surface area contributed by atoms with E-state index in [0.29, 0.717) is 31.4 Å². The quantitative estimate of drug-likeness (QED) is 0.852. The van der Waals surface area contributed by atoms with Crippen LogP contribution in [-0.4, -0.2) is 47.0 Å². The molecule has 2 aliphatic rings. The number of phenolic OH excluding ortho intramolecular Hbond substituents is 1. The maximum atomic E-state index is 12.2. The van der Waals surface area contributed by atoms with Crippen LogP contribution in [0.5, 0.6) is 5.75 Å². The van der Waals surface area contributed by atoms with Gasteiger partial charge in [0.2, 0.25) is 0 Å². The number of rotatable bonds is 1. The number of benzene rings is 1. The lowest BCUT2D eigenvalue weighted by atomic mass is 9.83. The molecule has 0 radical (unpaired) electrons. The number of nitrogens with zero attached hydrogens (tertiary/aromatic N) is 1. The summed E-state index contributed by atoms with van der Waals surface area (Å²) < 4.78 is 11.6. The van der Waals surface area contributed by atoms with Gasteiger partial charge in [0.25, 0.3) is 0 Å². The van der Waals surface area contributed by atoms with E-state index >= 15 is 0 Å². The standard InChI is InChI=1S/C19H27NO4/c1-18(2,3)24-17(22)20-9-7-19(8-10-20)12-15(13-23-19)14-5-4-6-16(21)11-14/h4-6,11,15,21H,7-10,12-13H2,1-3H3. The summed E-state index contributed by atoms with van der Waals surface area (Å²) in [6, 6.07) is 7.43. The van der Waals surface area contributed by atoms with Gasteiger partial charge >= 0.3 is 6.09 Å². The van der Waals surface area contributed by atoms with E-state index in [0.717, 1.165) is 24.8 Å². The van der Waals surface area contributed by atoms with Gasteiger partial charge in [0.1, 0.15) is 11.4 Å². The summed E-state index contributed by atoms with van der Waals surface area (Å²) in [4.78, 5) is 14.0. The third kappa shape index (κ3) is 3.83. The molecule has 0 aromatic heterocycles. The molecule has 2 saturated heterocycles. The molecule has 132 valence electrons. The Bertz CT molecular complexity index is 600. The molecule has 2 fully saturated rings. The summed E-state index contributed by atoms with van der Waals surface area (Å²) in [6.07, 6.45) is 2.38. The van der Waals surface area contributed by atoms with Gasteiger partial charge in [-0.15, -0.1) is 0 Å². The predicted octanol–water partition coefficient (Wildman–Crippen LogP) is 3.67. The Morgan fingerprint density at radius 2 is 2.04 bits per heavy atom. The minimum Gasteiger partial charge on any atom is -0.508 e. The zero-order valence-corrected chi connectivity index (χ0v) is 14.7. The van der Waals surface area contributed by atoms with Crippen LogP contribution in [0.4, 0.5) is 4.79 Å². The van der Waals surface area contributed by atoms with Gasteiger partial charge in [-0.05, 0) is 57.7 Å². The van der Waals surface area contributed by atoms with E-state index in [-0.39, 0.29) is 11.7 Å². The lowest BCUT2D eigenvalue weighted by Crippen LogP contribution is -2.47. The molecule has 1 N–H and O–H groups in total. The summed E-state index contributed by atoms with van der Waals surface area (Å²) in [5.74, 6) is 0.610. The molecule has 0 bridgehead atoms. The molecule has 1 atom stereocenters. The van der Waals surface area contributed by atoms with Crippen molar-refractivity contribution in [3.63, 3.8) is 0 Å². The zero-order valence-electron chi connectivity index (χ0n) is 14.7. The Balaban J connectivity index is 1.58. The topological polar surface area (TPSA) is 59.0 Å². The van der Waals surface area contributed by atoms with Crippen LogP contribution in [0.1, 0.15) is 51.5 Å². The summed E-state index contributed by atoms with van der Waals surface area (Å²) in [5, 5.41) is 9.66. The van der Waals surface area contributed by atoms with Crippen molar-refractivity contribution in [2.75, 3.05) is 19.7 Å². The first kappa shape index (κ1) is 17.1. The number of amides is 1. The van der Waals surface area contributed by atoms with E-state index in [9.17, 15) is 9.90 Å². The van der Waals surface area contributed by atoms with Gasteiger partial charge in [-0.25, -0.2) is 4.79 Å². The SMILES string of the molecule is CC(C)(C)OC(=O)N1CCC2(CC1)CC(c1cccc(O)c1)CO2. The second kappa shape index (κ2) is 6.28. The van der Waals surface area contributed by atoms with Crippen LogP contribution in [0.3, 0.4) is 0 Å². The number of carbonyl (C=O) groups excluding carboxylic acids is 1. The number of phenols is 1. The number of aromatic hydroxyl groups is 1. The Morgan fingerprint density at radius 3 is 2.67 bits per heavy atom. The number of hydrogen-bond acceptors (Lipinski definition) is 4. The fourth-order valence-electron chi connectivity index (χ4n) is 3.61. The van der Waals surface area contributed by atoms with Crippen LogP contribution in [0.2, 0.25) is 0 Å². The van der Waals surface area contributed by atoms with Gasteiger partial charge in [-0.1, -0.05) is 12.1 Å². The van der Waals surface area contributed by atoms with Crippen molar-refractivity contribution in [3.8, 4) is 5.75 Å². The molecule has 1 aromatic carbocycles. The van der Waals surface area contributed by atoms with Crippen molar-refractivity contribution in [1.82, 2.24) is 4.90 Å². The first-order chi connectivity index (χ1) is 11.3. The number of piperidine rings is 1. The van der Waals surface area contributed by atoms with E-state index < -0.39 is 5.60 Å². The monoisotopic (exact) mass is 333 g/mol. The van der Waals surface area contributed by atoms with Crippen LogP contribution >= 0.6 is 0 Å². The average molecular weight is 333 g/mol. The fourth-order valence-corrected chi connectivity index (χ4v) is 3.61. The van der Waals surface area contributed by atoms with E-state index in [1.165, 1.54) is 0 Å². The highest BCUT2D eigenvalue weighted by molar-refractivity contribution is 5.68. The molecule has 1 aromatic rings. The van der Waals surface area contributed by atoms with E-state index in [4.69, 9.17) is 9.47 Å². The minimum absolute atomic E-state index is 0.144. The zero-order chi connectivity index (χ0) is 17.4. The first-order valence-electron chi connectivity index (χ1n) is 8.67. The van der Waals surface area contributed by atoms with Gasteiger partial charge in [-0.2, -0.15) is 0 Å². The highest BCUT2D eigenvalue weighted by Gasteiger charge is 2.44. The number of ether oxygens (including phenoxy) is 2. The fraction of sp³-hybridized carbons (Fsp3) is 0.632. The molecular formula is C19H27NO4. The molecule has 5 heteroatoms. The highest BCUT2D eigenvalue weighted by atomic mass is 16.6. The Labute approximate surface area is 143 Å². The summed E-state index contributed by atoms with van der Waals surface area (Å²) >= 11 is 0. The lowest BCUT2D eigenvalue weighted by Gasteiger charge is -2.39. The Hall–Kier alpha value is -1.75. The second-order valence-corrected chi connectivity index (χ2v) is 7.96. The van der Waals surface area contributed by atoms with Crippen LogP contribution < -0.4 is 0 Å². The summed E-state index contributed by atoms with van der Waals surface area (Å²) in [6.45, 7) is 7.67. The predicted molar refractivity (Wildman–Crippen MR) is 91.2 cm³/mol.